The topological polar surface area (TPSA) is 170 Å². The second kappa shape index (κ2) is 42.7. The molecule has 0 aromatic carbocycles. The Morgan fingerprint density at radius 3 is 1.05 bits per heavy atom. The van der Waals surface area contributed by atoms with E-state index in [1.165, 1.54) is 0 Å². The van der Waals surface area contributed by atoms with Crippen LogP contribution >= 0.6 is 0 Å². The third-order valence-corrected chi connectivity index (χ3v) is 0.256. The van der Waals surface area contributed by atoms with Gasteiger partial charge in [0.25, 0.3) is 17.9 Å². The first-order valence-electron chi connectivity index (χ1n) is 4.27. The van der Waals surface area contributed by atoms with Crippen molar-refractivity contribution in [1.29, 1.82) is 0 Å². The number of carboxylic acids is 3. The van der Waals surface area contributed by atoms with Gasteiger partial charge in [0.05, 0.1) is 0 Å². The Morgan fingerprint density at radius 2 is 1.05 bits per heavy atom. The summed E-state index contributed by atoms with van der Waals surface area (Å²) < 4.78 is 0. The largest absolute Gasteiger partial charge is 1.00 e. The summed E-state index contributed by atoms with van der Waals surface area (Å²) in [4.78, 5) is 27.0. The number of nitrogens with two attached hydrogens (primary N) is 1. The number of hydroxylamine groups is 1. The fraction of sp³-hybridized carbons (Fsp3) is 0.625. The summed E-state index contributed by atoms with van der Waals surface area (Å²) in [5.74, 6) is -2.50. The normalized spacial score (nSPS) is 5.85. The van der Waals surface area contributed by atoms with Crippen LogP contribution in [-0.2, 0) is 14.4 Å². The predicted octanol–water partition coefficient (Wildman–Crippen LogP) is -9.45. The summed E-state index contributed by atoms with van der Waals surface area (Å²) in [7, 11) is 0. The van der Waals surface area contributed by atoms with Gasteiger partial charge < -0.3 is 30.5 Å². The molecular formula is C8H23N2Na3O7. The van der Waals surface area contributed by atoms with Crippen LogP contribution in [0.25, 0.3) is 0 Å². The van der Waals surface area contributed by atoms with E-state index in [1.807, 2.05) is 5.48 Å². The average molecular weight is 328 g/mol. The molecule has 9 nitrogen and oxygen atoms in total. The quantitative estimate of drug-likeness (QED) is 0.213. The zero-order chi connectivity index (χ0) is 14.9. The number of hydrogen-bond acceptors (Lipinski definition) is 6. The Labute approximate surface area is 189 Å². The zero-order valence-electron chi connectivity index (χ0n) is 16.0. The summed E-state index contributed by atoms with van der Waals surface area (Å²) in [6.07, 6.45) is 0. The molecule has 0 saturated carbocycles. The molecule has 0 atom stereocenters. The van der Waals surface area contributed by atoms with Gasteiger partial charge in [-0.2, -0.15) is 0 Å². The molecule has 0 amide bonds. The van der Waals surface area contributed by atoms with Gasteiger partial charge in [0, 0.05) is 33.9 Å². The van der Waals surface area contributed by atoms with Gasteiger partial charge in [-0.3, -0.25) is 14.4 Å². The van der Waals surface area contributed by atoms with Gasteiger partial charge in [0.1, 0.15) is 0 Å². The number of carboxylic acid groups (broad SMARTS) is 3. The van der Waals surface area contributed by atoms with Gasteiger partial charge in [-0.25, -0.2) is 5.48 Å². The molecule has 0 rings (SSSR count). The van der Waals surface area contributed by atoms with E-state index in [4.69, 9.17) is 40.6 Å². The number of hydrogen-bond donors (Lipinski definition) is 6. The molecule has 0 aromatic rings. The van der Waals surface area contributed by atoms with Crippen LogP contribution in [0.3, 0.4) is 0 Å². The van der Waals surface area contributed by atoms with Crippen molar-refractivity contribution in [3.63, 3.8) is 0 Å². The molecule has 0 bridgehead atoms. The zero-order valence-corrected chi connectivity index (χ0v) is 19.0. The van der Waals surface area contributed by atoms with Crippen LogP contribution < -0.4 is 99.9 Å². The van der Waals surface area contributed by atoms with Crippen molar-refractivity contribution in [2.45, 2.75) is 20.8 Å². The van der Waals surface area contributed by atoms with Crippen LogP contribution in [0.5, 0.6) is 0 Å². The molecule has 0 saturated heterocycles. The third kappa shape index (κ3) is 596. The molecule has 0 radical (unpaired) electrons. The first kappa shape index (κ1) is 42.9. The minimum atomic E-state index is -0.833. The van der Waals surface area contributed by atoms with Gasteiger partial charge in [-0.1, -0.05) is 0 Å². The molecule has 0 spiro atoms. The second-order valence-corrected chi connectivity index (χ2v) is 2.25. The molecule has 0 unspecified atom stereocenters. The predicted molar refractivity (Wildman–Crippen MR) is 62.1 cm³/mol. The van der Waals surface area contributed by atoms with Gasteiger partial charge in [-0.15, -0.1) is 0 Å². The van der Waals surface area contributed by atoms with E-state index < -0.39 is 17.9 Å². The average Bonchev–Trinajstić information content (AvgIpc) is 2.01. The maximum absolute atomic E-state index is 9.00. The molecule has 0 fully saturated rings. The maximum atomic E-state index is 9.00. The molecule has 7 N–H and O–H groups in total. The van der Waals surface area contributed by atoms with E-state index in [2.05, 4.69) is 0 Å². The SMILES string of the molecule is CC(=O)O.CC(=O)O.CC(=O)O.NCCNO.[H-].[H-].[H-].[Na+].[Na+].[Na+]. The van der Waals surface area contributed by atoms with Gasteiger partial charge in [-0.05, 0) is 0 Å². The summed E-state index contributed by atoms with van der Waals surface area (Å²) in [6, 6.07) is 0. The third-order valence-electron chi connectivity index (χ3n) is 0.256. The maximum Gasteiger partial charge on any atom is 1.00 e. The second-order valence-electron chi connectivity index (χ2n) is 2.25. The molecule has 0 heterocycles. The van der Waals surface area contributed by atoms with E-state index in [9.17, 15) is 0 Å². The molecule has 0 aliphatic carbocycles. The molecule has 0 aliphatic heterocycles. The van der Waals surface area contributed by atoms with Crippen molar-refractivity contribution in [3.8, 4) is 0 Å². The fourth-order valence-electron chi connectivity index (χ4n) is 0.0645. The number of rotatable bonds is 2. The van der Waals surface area contributed by atoms with Crippen molar-refractivity contribution in [2.75, 3.05) is 13.1 Å². The van der Waals surface area contributed by atoms with Crippen molar-refractivity contribution >= 4 is 17.9 Å². The van der Waals surface area contributed by atoms with Crippen LogP contribution in [0.15, 0.2) is 0 Å². The number of aliphatic carboxylic acids is 3. The Hall–Kier alpha value is 1.29. The Kier molecular flexibility index (Phi) is 91.7. The Morgan fingerprint density at radius 1 is 0.900 bits per heavy atom. The number of carbonyl (C=O) groups is 3. The van der Waals surface area contributed by atoms with E-state index in [0.717, 1.165) is 20.8 Å². The monoisotopic (exact) mass is 328 g/mol. The summed E-state index contributed by atoms with van der Waals surface area (Å²) in [5, 5.41) is 30.0. The van der Waals surface area contributed by atoms with Crippen molar-refractivity contribution in [2.24, 2.45) is 5.73 Å². The van der Waals surface area contributed by atoms with E-state index in [1.54, 1.807) is 0 Å². The van der Waals surface area contributed by atoms with E-state index in [-0.39, 0.29) is 93.0 Å². The Bertz CT molecular complexity index is 179. The minimum Gasteiger partial charge on any atom is -1.00 e. The van der Waals surface area contributed by atoms with E-state index in [0.29, 0.717) is 13.1 Å². The molecule has 110 valence electrons. The van der Waals surface area contributed by atoms with Crippen LogP contribution in [0.1, 0.15) is 25.1 Å². The van der Waals surface area contributed by atoms with Crippen molar-refractivity contribution < 1.29 is 128 Å². The van der Waals surface area contributed by atoms with Gasteiger partial charge >= 0.3 is 88.7 Å². The first-order chi connectivity index (χ1) is 7.61. The molecule has 20 heavy (non-hydrogen) atoms. The van der Waals surface area contributed by atoms with Crippen molar-refractivity contribution in [1.82, 2.24) is 5.48 Å². The fourth-order valence-corrected chi connectivity index (χ4v) is 0.0645. The van der Waals surface area contributed by atoms with E-state index >= 15 is 0 Å². The van der Waals surface area contributed by atoms with Crippen LogP contribution in [0.4, 0.5) is 0 Å². The summed E-state index contributed by atoms with van der Waals surface area (Å²) in [6.45, 7) is 4.20. The molecule has 0 aliphatic rings. The van der Waals surface area contributed by atoms with Gasteiger partial charge in [0.2, 0.25) is 0 Å². The van der Waals surface area contributed by atoms with Crippen LogP contribution in [0, 0.1) is 0 Å². The summed E-state index contributed by atoms with van der Waals surface area (Å²) >= 11 is 0. The number of nitrogens with one attached hydrogen (secondary N) is 1. The smallest absolute Gasteiger partial charge is 1.00 e. The van der Waals surface area contributed by atoms with Crippen molar-refractivity contribution in [3.05, 3.63) is 0 Å². The van der Waals surface area contributed by atoms with Crippen LogP contribution in [-0.4, -0.2) is 51.5 Å². The standard InChI is InChI=1S/C2H8N2O.3C2H4O2.3Na.3H/c3-1-2-4-5;3*1-2(3)4;;;;;;/h4-5H,1-3H2;3*1H3,(H,3,4);;;;;;/q;;;;3*+1;3*-1. The minimum absolute atomic E-state index is 0. The first-order valence-corrected chi connectivity index (χ1v) is 4.27. The molecule has 0 aromatic heterocycles. The molecule has 12 heteroatoms. The molecular weight excluding hydrogens is 305 g/mol. The summed E-state index contributed by atoms with van der Waals surface area (Å²) in [5.41, 5.74) is 6.81. The Balaban J connectivity index is -0.0000000113. The van der Waals surface area contributed by atoms with Gasteiger partial charge in [0.15, 0.2) is 0 Å². The van der Waals surface area contributed by atoms with Crippen LogP contribution in [0.2, 0.25) is 0 Å².